The highest BCUT2D eigenvalue weighted by Gasteiger charge is 2.19. The molecule has 8 nitrogen and oxygen atoms in total. The molecule has 0 unspecified atom stereocenters. The van der Waals surface area contributed by atoms with Gasteiger partial charge in [-0.15, -0.1) is 0 Å². The number of ether oxygens (including phenoxy) is 2. The molecular weight excluding hydrogens is 282 g/mol. The third-order valence-corrected chi connectivity index (χ3v) is 2.67. The van der Waals surface area contributed by atoms with Crippen LogP contribution in [0.2, 0.25) is 0 Å². The van der Waals surface area contributed by atoms with Crippen LogP contribution in [0.3, 0.4) is 0 Å². The lowest BCUT2D eigenvalue weighted by atomic mass is 10.4. The van der Waals surface area contributed by atoms with E-state index in [1.54, 1.807) is 0 Å². The molecule has 2 heterocycles. The largest absolute Gasteiger partial charge is 0.477 e. The minimum Gasteiger partial charge on any atom is -0.477 e. The molecule has 0 atom stereocenters. The zero-order valence-corrected chi connectivity index (χ0v) is 11.4. The summed E-state index contributed by atoms with van der Waals surface area (Å²) in [6.45, 7) is 2.20. The molecule has 0 saturated heterocycles. The van der Waals surface area contributed by atoms with Crippen LogP contribution in [0.4, 0.5) is 0 Å². The molecule has 0 aliphatic heterocycles. The Hall–Kier alpha value is -2.77. The van der Waals surface area contributed by atoms with Crippen molar-refractivity contribution < 1.29 is 33.4 Å². The Balaban J connectivity index is 2.35. The summed E-state index contributed by atoms with van der Waals surface area (Å²) in [5.41, 5.74) is 0.682. The molecule has 0 aliphatic carbocycles. The predicted octanol–water partition coefficient (Wildman–Crippen LogP) is 1.52. The lowest BCUT2D eigenvalue weighted by molar-refractivity contribution is -0.145. The number of carboxylic acid groups (broad SMARTS) is 1. The summed E-state index contributed by atoms with van der Waals surface area (Å²) in [5, 5.41) is 9.12. The summed E-state index contributed by atoms with van der Waals surface area (Å²) in [5.74, 6) is -1.79. The molecule has 0 radical (unpaired) electrons. The number of carboxylic acids is 1. The second-order valence-electron chi connectivity index (χ2n) is 4.27. The van der Waals surface area contributed by atoms with Gasteiger partial charge < -0.3 is 19.0 Å². The van der Waals surface area contributed by atoms with E-state index in [1.807, 2.05) is 0 Å². The van der Waals surface area contributed by atoms with Gasteiger partial charge in [-0.1, -0.05) is 0 Å². The van der Waals surface area contributed by atoms with Gasteiger partial charge in [0.1, 0.15) is 18.1 Å². The number of esters is 2. The molecule has 0 saturated carbocycles. The highest BCUT2D eigenvalue weighted by Crippen LogP contribution is 2.25. The van der Waals surface area contributed by atoms with Crippen LogP contribution in [0.15, 0.2) is 16.5 Å². The van der Waals surface area contributed by atoms with E-state index in [4.69, 9.17) is 19.0 Å². The van der Waals surface area contributed by atoms with Crippen molar-refractivity contribution in [1.82, 2.24) is 4.57 Å². The Kier molecular flexibility index (Phi) is 3.97. The quantitative estimate of drug-likeness (QED) is 0.833. The van der Waals surface area contributed by atoms with E-state index in [0.29, 0.717) is 16.9 Å². The SMILES string of the molecule is CC(=O)OCc1cc2c(cc(C(=O)O)n2COC(C)=O)o1. The number of hydrogen-bond acceptors (Lipinski definition) is 6. The Morgan fingerprint density at radius 2 is 1.86 bits per heavy atom. The molecule has 112 valence electrons. The van der Waals surface area contributed by atoms with Crippen LogP contribution >= 0.6 is 0 Å². The highest BCUT2D eigenvalue weighted by molar-refractivity contribution is 5.93. The van der Waals surface area contributed by atoms with Crippen molar-refractivity contribution in [1.29, 1.82) is 0 Å². The number of aromatic carboxylic acids is 1. The Morgan fingerprint density at radius 3 is 2.43 bits per heavy atom. The Labute approximate surface area is 118 Å². The van der Waals surface area contributed by atoms with Crippen LogP contribution in [0.1, 0.15) is 30.1 Å². The van der Waals surface area contributed by atoms with E-state index in [-0.39, 0.29) is 19.0 Å². The van der Waals surface area contributed by atoms with E-state index in [1.165, 1.54) is 30.5 Å². The van der Waals surface area contributed by atoms with Gasteiger partial charge in [-0.05, 0) is 0 Å². The van der Waals surface area contributed by atoms with E-state index in [0.717, 1.165) is 0 Å². The van der Waals surface area contributed by atoms with Crippen LogP contribution in [0.5, 0.6) is 0 Å². The molecule has 2 rings (SSSR count). The number of aromatic nitrogens is 1. The van der Waals surface area contributed by atoms with Crippen LogP contribution < -0.4 is 0 Å². The van der Waals surface area contributed by atoms with Gasteiger partial charge in [-0.2, -0.15) is 0 Å². The molecule has 2 aromatic rings. The lowest BCUT2D eigenvalue weighted by Gasteiger charge is -2.06. The summed E-state index contributed by atoms with van der Waals surface area (Å²) in [6, 6.07) is 2.85. The number of rotatable bonds is 5. The first-order valence-electron chi connectivity index (χ1n) is 6.00. The average Bonchev–Trinajstić information content (AvgIpc) is 2.90. The van der Waals surface area contributed by atoms with Gasteiger partial charge in [0.15, 0.2) is 12.3 Å². The topological polar surface area (TPSA) is 108 Å². The summed E-state index contributed by atoms with van der Waals surface area (Å²) in [7, 11) is 0. The molecule has 1 N–H and O–H groups in total. The Morgan fingerprint density at radius 1 is 1.19 bits per heavy atom. The van der Waals surface area contributed by atoms with Crippen molar-refractivity contribution in [2.24, 2.45) is 0 Å². The number of nitrogens with zero attached hydrogens (tertiary/aromatic N) is 1. The fraction of sp³-hybridized carbons (Fsp3) is 0.308. The molecule has 21 heavy (non-hydrogen) atoms. The van der Waals surface area contributed by atoms with Crippen molar-refractivity contribution in [3.63, 3.8) is 0 Å². The van der Waals surface area contributed by atoms with Gasteiger partial charge >= 0.3 is 17.9 Å². The van der Waals surface area contributed by atoms with Gasteiger partial charge in [-0.25, -0.2) is 4.79 Å². The molecule has 0 amide bonds. The standard InChI is InChI=1S/C13H13NO7/c1-7(15)19-5-9-3-10-12(21-9)4-11(13(17)18)14(10)6-20-8(2)16/h3-4H,5-6H2,1-2H3,(H,17,18). The van der Waals surface area contributed by atoms with Crippen molar-refractivity contribution in [3.05, 3.63) is 23.6 Å². The van der Waals surface area contributed by atoms with Crippen LogP contribution in [0.25, 0.3) is 11.1 Å². The van der Waals surface area contributed by atoms with Crippen molar-refractivity contribution >= 4 is 29.0 Å². The monoisotopic (exact) mass is 295 g/mol. The fourth-order valence-electron chi connectivity index (χ4n) is 1.81. The molecule has 0 fully saturated rings. The second kappa shape index (κ2) is 5.70. The number of furan rings is 1. The molecule has 0 bridgehead atoms. The third-order valence-electron chi connectivity index (χ3n) is 2.67. The van der Waals surface area contributed by atoms with Gasteiger partial charge in [-0.3, -0.25) is 14.2 Å². The van der Waals surface area contributed by atoms with Crippen LogP contribution in [0, 0.1) is 0 Å². The first-order valence-corrected chi connectivity index (χ1v) is 6.00. The van der Waals surface area contributed by atoms with Gasteiger partial charge in [0.25, 0.3) is 0 Å². The molecular formula is C13H13NO7. The molecule has 2 aromatic heterocycles. The number of carbonyl (C=O) groups excluding carboxylic acids is 2. The maximum atomic E-state index is 11.2. The third kappa shape index (κ3) is 3.22. The van der Waals surface area contributed by atoms with E-state index >= 15 is 0 Å². The minimum absolute atomic E-state index is 0.0556. The van der Waals surface area contributed by atoms with E-state index < -0.39 is 17.9 Å². The van der Waals surface area contributed by atoms with E-state index in [2.05, 4.69) is 0 Å². The summed E-state index contributed by atoms with van der Waals surface area (Å²) in [6.07, 6.45) is 0. The van der Waals surface area contributed by atoms with Gasteiger partial charge in [0.05, 0.1) is 5.52 Å². The first kappa shape index (κ1) is 14.6. The minimum atomic E-state index is -1.17. The normalized spacial score (nSPS) is 10.6. The highest BCUT2D eigenvalue weighted by atomic mass is 16.5. The summed E-state index contributed by atoms with van der Waals surface area (Å²) in [4.78, 5) is 32.8. The smallest absolute Gasteiger partial charge is 0.352 e. The maximum absolute atomic E-state index is 11.2. The number of fused-ring (bicyclic) bond motifs is 1. The average molecular weight is 295 g/mol. The first-order chi connectivity index (χ1) is 9.88. The zero-order chi connectivity index (χ0) is 15.6. The number of hydrogen-bond donors (Lipinski definition) is 1. The van der Waals surface area contributed by atoms with Crippen LogP contribution in [-0.2, 0) is 32.4 Å². The van der Waals surface area contributed by atoms with Gasteiger partial charge in [0, 0.05) is 26.0 Å². The molecule has 0 aliphatic rings. The molecule has 8 heteroatoms. The summed E-state index contributed by atoms with van der Waals surface area (Å²) >= 11 is 0. The maximum Gasteiger partial charge on any atom is 0.352 e. The van der Waals surface area contributed by atoms with Crippen molar-refractivity contribution in [2.45, 2.75) is 27.2 Å². The molecule has 0 aromatic carbocycles. The zero-order valence-electron chi connectivity index (χ0n) is 11.4. The number of carbonyl (C=O) groups is 3. The second-order valence-corrected chi connectivity index (χ2v) is 4.27. The Bertz CT molecular complexity index is 709. The van der Waals surface area contributed by atoms with Crippen molar-refractivity contribution in [2.75, 3.05) is 0 Å². The molecule has 0 spiro atoms. The fourth-order valence-corrected chi connectivity index (χ4v) is 1.81. The lowest BCUT2D eigenvalue weighted by Crippen LogP contribution is -2.12. The van der Waals surface area contributed by atoms with Crippen molar-refractivity contribution in [3.8, 4) is 0 Å². The summed E-state index contributed by atoms with van der Waals surface area (Å²) < 4.78 is 16.3. The predicted molar refractivity (Wildman–Crippen MR) is 68.4 cm³/mol. The van der Waals surface area contributed by atoms with E-state index in [9.17, 15) is 14.4 Å². The van der Waals surface area contributed by atoms with Crippen LogP contribution in [-0.4, -0.2) is 27.6 Å². The van der Waals surface area contributed by atoms with Gasteiger partial charge in [0.2, 0.25) is 0 Å².